The molecule has 0 aliphatic heterocycles. The van der Waals surface area contributed by atoms with Crippen molar-refractivity contribution in [2.75, 3.05) is 19.5 Å². The summed E-state index contributed by atoms with van der Waals surface area (Å²) >= 11 is 7.58. The van der Waals surface area contributed by atoms with Gasteiger partial charge in [0, 0.05) is 15.7 Å². The van der Waals surface area contributed by atoms with Gasteiger partial charge in [-0.2, -0.15) is 0 Å². The monoisotopic (exact) mass is 294 g/mol. The van der Waals surface area contributed by atoms with Crippen LogP contribution in [0.2, 0.25) is 5.02 Å². The number of halogens is 1. The van der Waals surface area contributed by atoms with E-state index in [-0.39, 0.29) is 0 Å². The van der Waals surface area contributed by atoms with Crippen LogP contribution in [-0.2, 0) is 0 Å². The minimum Gasteiger partial charge on any atom is -0.493 e. The molecule has 19 heavy (non-hydrogen) atoms. The predicted molar refractivity (Wildman–Crippen MR) is 80.7 cm³/mol. The molecule has 0 spiro atoms. The number of hydrogen-bond donors (Lipinski definition) is 0. The second kappa shape index (κ2) is 7.31. The van der Waals surface area contributed by atoms with Gasteiger partial charge in [0.2, 0.25) is 0 Å². The zero-order valence-corrected chi connectivity index (χ0v) is 12.2. The summed E-state index contributed by atoms with van der Waals surface area (Å²) in [5.74, 6) is 2.42. The Balaban J connectivity index is 1.79. The first kappa shape index (κ1) is 14.1. The molecule has 0 aliphatic carbocycles. The van der Waals surface area contributed by atoms with Gasteiger partial charge in [-0.25, -0.2) is 0 Å². The van der Waals surface area contributed by atoms with Crippen LogP contribution >= 0.6 is 23.4 Å². The molecule has 2 aromatic rings. The standard InChI is InChI=1S/C15H15ClO2S/c1-17-14-4-2-3-5-15(14)18-10-11-19-13-8-6-12(16)7-9-13/h2-9H,10-11H2,1H3. The Labute approximate surface area is 122 Å². The van der Waals surface area contributed by atoms with Crippen LogP contribution in [0.5, 0.6) is 11.5 Å². The number of thioether (sulfide) groups is 1. The molecule has 0 N–H and O–H groups in total. The maximum Gasteiger partial charge on any atom is 0.161 e. The van der Waals surface area contributed by atoms with Crippen molar-refractivity contribution >= 4 is 23.4 Å². The molecule has 2 rings (SSSR count). The first-order valence-electron chi connectivity index (χ1n) is 5.94. The van der Waals surface area contributed by atoms with Crippen LogP contribution in [0.3, 0.4) is 0 Å². The molecule has 0 amide bonds. The van der Waals surface area contributed by atoms with Gasteiger partial charge in [0.1, 0.15) is 0 Å². The highest BCUT2D eigenvalue weighted by molar-refractivity contribution is 7.99. The van der Waals surface area contributed by atoms with Gasteiger partial charge < -0.3 is 9.47 Å². The Morgan fingerprint density at radius 3 is 2.37 bits per heavy atom. The van der Waals surface area contributed by atoms with Crippen molar-refractivity contribution in [1.29, 1.82) is 0 Å². The smallest absolute Gasteiger partial charge is 0.161 e. The van der Waals surface area contributed by atoms with Crippen LogP contribution < -0.4 is 9.47 Å². The number of benzene rings is 2. The Hall–Kier alpha value is -1.32. The van der Waals surface area contributed by atoms with Crippen LogP contribution in [0.1, 0.15) is 0 Å². The summed E-state index contributed by atoms with van der Waals surface area (Å²) in [6.45, 7) is 0.633. The zero-order valence-electron chi connectivity index (χ0n) is 10.6. The quantitative estimate of drug-likeness (QED) is 0.576. The number of rotatable bonds is 6. The van der Waals surface area contributed by atoms with E-state index in [1.54, 1.807) is 18.9 Å². The SMILES string of the molecule is COc1ccccc1OCCSc1ccc(Cl)cc1. The van der Waals surface area contributed by atoms with E-state index in [1.165, 1.54) is 4.90 Å². The Bertz CT molecular complexity index is 514. The summed E-state index contributed by atoms with van der Waals surface area (Å²) in [4.78, 5) is 1.19. The van der Waals surface area contributed by atoms with Gasteiger partial charge in [-0.3, -0.25) is 0 Å². The van der Waals surface area contributed by atoms with Gasteiger partial charge in [0.25, 0.3) is 0 Å². The maximum absolute atomic E-state index is 5.84. The van der Waals surface area contributed by atoms with E-state index < -0.39 is 0 Å². The van der Waals surface area contributed by atoms with E-state index in [1.807, 2.05) is 48.5 Å². The molecule has 2 aromatic carbocycles. The number of ether oxygens (including phenoxy) is 2. The van der Waals surface area contributed by atoms with Crippen LogP contribution in [0.4, 0.5) is 0 Å². The highest BCUT2D eigenvalue weighted by atomic mass is 35.5. The molecule has 0 saturated carbocycles. The van der Waals surface area contributed by atoms with E-state index >= 15 is 0 Å². The minimum absolute atomic E-state index is 0.633. The number of methoxy groups -OCH3 is 1. The highest BCUT2D eigenvalue weighted by Gasteiger charge is 2.02. The third-order valence-electron chi connectivity index (χ3n) is 2.49. The van der Waals surface area contributed by atoms with Gasteiger partial charge in [0.05, 0.1) is 13.7 Å². The van der Waals surface area contributed by atoms with E-state index in [2.05, 4.69) is 0 Å². The van der Waals surface area contributed by atoms with Crippen molar-refractivity contribution in [3.05, 3.63) is 53.6 Å². The molecular formula is C15H15ClO2S. The fraction of sp³-hybridized carbons (Fsp3) is 0.200. The van der Waals surface area contributed by atoms with Crippen molar-refractivity contribution in [2.45, 2.75) is 4.90 Å². The molecule has 4 heteroatoms. The summed E-state index contributed by atoms with van der Waals surface area (Å²) in [6.07, 6.45) is 0. The number of hydrogen-bond acceptors (Lipinski definition) is 3. The number of para-hydroxylation sites is 2. The Morgan fingerprint density at radius 1 is 1.00 bits per heavy atom. The zero-order chi connectivity index (χ0) is 13.5. The summed E-state index contributed by atoms with van der Waals surface area (Å²) in [5, 5.41) is 0.759. The van der Waals surface area contributed by atoms with Gasteiger partial charge >= 0.3 is 0 Å². The van der Waals surface area contributed by atoms with Crippen LogP contribution in [0, 0.1) is 0 Å². The molecule has 0 unspecified atom stereocenters. The van der Waals surface area contributed by atoms with Crippen molar-refractivity contribution < 1.29 is 9.47 Å². The molecular weight excluding hydrogens is 280 g/mol. The van der Waals surface area contributed by atoms with Gasteiger partial charge in [-0.1, -0.05) is 23.7 Å². The topological polar surface area (TPSA) is 18.5 Å². The fourth-order valence-corrected chi connectivity index (χ4v) is 2.44. The normalized spacial score (nSPS) is 10.2. The molecule has 0 heterocycles. The van der Waals surface area contributed by atoms with E-state index in [0.717, 1.165) is 22.3 Å². The fourth-order valence-electron chi connectivity index (χ4n) is 1.58. The molecule has 0 aromatic heterocycles. The molecule has 0 aliphatic rings. The van der Waals surface area contributed by atoms with Crippen molar-refractivity contribution in [3.63, 3.8) is 0 Å². The maximum atomic E-state index is 5.84. The minimum atomic E-state index is 0.633. The molecule has 0 saturated heterocycles. The lowest BCUT2D eigenvalue weighted by atomic mass is 10.3. The van der Waals surface area contributed by atoms with Crippen molar-refractivity contribution in [3.8, 4) is 11.5 Å². The summed E-state index contributed by atoms with van der Waals surface area (Å²) in [6, 6.07) is 15.5. The van der Waals surface area contributed by atoms with Gasteiger partial charge in [-0.15, -0.1) is 11.8 Å². The van der Waals surface area contributed by atoms with Crippen LogP contribution in [-0.4, -0.2) is 19.5 Å². The molecule has 0 radical (unpaired) electrons. The second-order valence-corrected chi connectivity index (χ2v) is 5.41. The van der Waals surface area contributed by atoms with Crippen LogP contribution in [0.25, 0.3) is 0 Å². The molecule has 0 atom stereocenters. The molecule has 0 bridgehead atoms. The predicted octanol–water partition coefficient (Wildman–Crippen LogP) is 4.52. The Kier molecular flexibility index (Phi) is 5.43. The van der Waals surface area contributed by atoms with Gasteiger partial charge in [0.15, 0.2) is 11.5 Å². The average molecular weight is 295 g/mol. The lowest BCUT2D eigenvalue weighted by Crippen LogP contribution is -2.01. The van der Waals surface area contributed by atoms with Crippen molar-refractivity contribution in [1.82, 2.24) is 0 Å². The molecule has 100 valence electrons. The first-order chi connectivity index (χ1) is 9.29. The first-order valence-corrected chi connectivity index (χ1v) is 7.30. The van der Waals surface area contributed by atoms with Crippen LogP contribution in [0.15, 0.2) is 53.4 Å². The Morgan fingerprint density at radius 2 is 1.68 bits per heavy atom. The molecule has 0 fully saturated rings. The summed E-state index contributed by atoms with van der Waals surface area (Å²) in [5.41, 5.74) is 0. The van der Waals surface area contributed by atoms with E-state index in [0.29, 0.717) is 6.61 Å². The molecule has 2 nitrogen and oxygen atoms in total. The average Bonchev–Trinajstić information content (AvgIpc) is 2.46. The lowest BCUT2D eigenvalue weighted by Gasteiger charge is -2.09. The summed E-state index contributed by atoms with van der Waals surface area (Å²) < 4.78 is 10.9. The van der Waals surface area contributed by atoms with E-state index in [9.17, 15) is 0 Å². The van der Waals surface area contributed by atoms with E-state index in [4.69, 9.17) is 21.1 Å². The van der Waals surface area contributed by atoms with Crippen molar-refractivity contribution in [2.24, 2.45) is 0 Å². The highest BCUT2D eigenvalue weighted by Crippen LogP contribution is 2.26. The lowest BCUT2D eigenvalue weighted by molar-refractivity contribution is 0.313. The summed E-state index contributed by atoms with van der Waals surface area (Å²) in [7, 11) is 1.64. The second-order valence-electron chi connectivity index (χ2n) is 3.80. The third-order valence-corrected chi connectivity index (χ3v) is 3.72. The largest absolute Gasteiger partial charge is 0.493 e. The third kappa shape index (κ3) is 4.37. The van der Waals surface area contributed by atoms with Gasteiger partial charge in [-0.05, 0) is 36.4 Å².